The molecule has 2 aromatic heterocycles. The number of pyridine rings is 1. The highest BCUT2D eigenvalue weighted by atomic mass is 19.1. The van der Waals surface area contributed by atoms with Gasteiger partial charge in [0, 0.05) is 18.5 Å². The number of hydrogen-bond donors (Lipinski definition) is 0. The number of carbonyl (C=O) groups is 1. The van der Waals surface area contributed by atoms with Gasteiger partial charge in [0.1, 0.15) is 5.82 Å². The van der Waals surface area contributed by atoms with Crippen LogP contribution in [0.15, 0.2) is 24.5 Å². The van der Waals surface area contributed by atoms with Gasteiger partial charge >= 0.3 is 0 Å². The summed E-state index contributed by atoms with van der Waals surface area (Å²) in [4.78, 5) is 22.9. The van der Waals surface area contributed by atoms with Gasteiger partial charge < -0.3 is 0 Å². The lowest BCUT2D eigenvalue weighted by Crippen LogP contribution is -2.36. The third kappa shape index (κ3) is 4.45. The maximum Gasteiger partial charge on any atom is 0.249 e. The molecule has 0 radical (unpaired) electrons. The van der Waals surface area contributed by atoms with Crippen molar-refractivity contribution in [3.63, 3.8) is 0 Å². The number of nitrogens with zero attached hydrogens (tertiary/aromatic N) is 4. The normalized spacial score (nSPS) is 24.7. The van der Waals surface area contributed by atoms with Crippen LogP contribution in [0.4, 0.5) is 4.39 Å². The monoisotopic (exact) mass is 398 g/mol. The van der Waals surface area contributed by atoms with Crippen LogP contribution in [0, 0.1) is 31.5 Å². The fourth-order valence-corrected chi connectivity index (χ4v) is 4.46. The molecule has 1 aliphatic heterocycles. The Bertz CT molecular complexity index is 883. The second kappa shape index (κ2) is 8.53. The third-order valence-electron chi connectivity index (χ3n) is 6.11. The molecule has 6 nitrogen and oxygen atoms in total. The van der Waals surface area contributed by atoms with Crippen LogP contribution < -0.4 is 0 Å². The Morgan fingerprint density at radius 1 is 1.17 bits per heavy atom. The van der Waals surface area contributed by atoms with E-state index in [1.54, 1.807) is 13.1 Å². The van der Waals surface area contributed by atoms with Crippen LogP contribution in [0.25, 0.3) is 0 Å². The fourth-order valence-electron chi connectivity index (χ4n) is 4.46. The molecule has 1 saturated carbocycles. The van der Waals surface area contributed by atoms with Crippen molar-refractivity contribution in [2.75, 3.05) is 6.61 Å². The van der Waals surface area contributed by atoms with Gasteiger partial charge in [-0.05, 0) is 75.1 Å². The summed E-state index contributed by atoms with van der Waals surface area (Å²) in [5.41, 5.74) is 3.21. The van der Waals surface area contributed by atoms with Crippen LogP contribution in [-0.4, -0.2) is 32.8 Å². The topological polar surface area (TPSA) is 68.2 Å². The van der Waals surface area contributed by atoms with Gasteiger partial charge in [-0.15, -0.1) is 0 Å². The van der Waals surface area contributed by atoms with Gasteiger partial charge in [-0.25, -0.2) is 9.45 Å². The molecule has 154 valence electrons. The second-order valence-electron chi connectivity index (χ2n) is 8.26. The van der Waals surface area contributed by atoms with Crippen molar-refractivity contribution in [3.8, 4) is 0 Å². The van der Waals surface area contributed by atoms with E-state index >= 15 is 0 Å². The Hall–Kier alpha value is -2.41. The van der Waals surface area contributed by atoms with Crippen molar-refractivity contribution < 1.29 is 14.0 Å². The number of aryl methyl sites for hydroxylation is 2. The molecule has 2 aliphatic rings. The third-order valence-corrected chi connectivity index (χ3v) is 6.11. The number of amides is 1. The van der Waals surface area contributed by atoms with E-state index in [0.29, 0.717) is 30.2 Å². The van der Waals surface area contributed by atoms with Crippen LogP contribution >= 0.6 is 0 Å². The highest BCUT2D eigenvalue weighted by Crippen LogP contribution is 2.37. The van der Waals surface area contributed by atoms with E-state index in [2.05, 4.69) is 21.2 Å². The summed E-state index contributed by atoms with van der Waals surface area (Å²) in [7, 11) is 0. The average molecular weight is 398 g/mol. The zero-order valence-electron chi connectivity index (χ0n) is 17.0. The molecule has 0 N–H and O–H groups in total. The predicted octanol–water partition coefficient (Wildman–Crippen LogP) is 3.88. The van der Waals surface area contributed by atoms with Crippen LogP contribution in [0.5, 0.6) is 0 Å². The lowest BCUT2D eigenvalue weighted by atomic mass is 9.79. The summed E-state index contributed by atoms with van der Waals surface area (Å²) in [5.74, 6) is 0.206. The molecule has 2 fully saturated rings. The minimum absolute atomic E-state index is 0.0216. The molecule has 0 unspecified atom stereocenters. The summed E-state index contributed by atoms with van der Waals surface area (Å²) >= 11 is 0. The highest BCUT2D eigenvalue weighted by Gasteiger charge is 2.37. The SMILES string of the molecule is Cc1cc(CC2CCC(C(=O)N3OCC[C@H]3c3cnc(C)c(F)c3)CC2)cnn1. The maximum absolute atomic E-state index is 13.9. The van der Waals surface area contributed by atoms with E-state index in [0.717, 1.165) is 37.8 Å². The van der Waals surface area contributed by atoms with Crippen molar-refractivity contribution >= 4 is 5.91 Å². The molecule has 2 aromatic rings. The lowest BCUT2D eigenvalue weighted by molar-refractivity contribution is -0.183. The van der Waals surface area contributed by atoms with Crippen LogP contribution in [0.3, 0.4) is 0 Å². The predicted molar refractivity (Wildman–Crippen MR) is 105 cm³/mol. The Morgan fingerprint density at radius 3 is 2.69 bits per heavy atom. The molecule has 1 atom stereocenters. The van der Waals surface area contributed by atoms with Crippen molar-refractivity contribution in [1.82, 2.24) is 20.2 Å². The maximum atomic E-state index is 13.9. The van der Waals surface area contributed by atoms with Gasteiger partial charge in [-0.1, -0.05) is 0 Å². The van der Waals surface area contributed by atoms with Gasteiger partial charge in [0.25, 0.3) is 0 Å². The molecule has 29 heavy (non-hydrogen) atoms. The van der Waals surface area contributed by atoms with Crippen LogP contribution in [0.2, 0.25) is 0 Å². The van der Waals surface area contributed by atoms with E-state index in [9.17, 15) is 9.18 Å². The summed E-state index contributed by atoms with van der Waals surface area (Å²) in [5, 5.41) is 9.53. The van der Waals surface area contributed by atoms with Crippen LogP contribution in [0.1, 0.15) is 60.7 Å². The lowest BCUT2D eigenvalue weighted by Gasteiger charge is -2.32. The average Bonchev–Trinajstić information content (AvgIpc) is 3.20. The summed E-state index contributed by atoms with van der Waals surface area (Å²) in [6.45, 7) is 4.05. The van der Waals surface area contributed by atoms with Crippen molar-refractivity contribution in [2.24, 2.45) is 11.8 Å². The first-order valence-corrected chi connectivity index (χ1v) is 10.4. The van der Waals surface area contributed by atoms with E-state index < -0.39 is 0 Å². The fraction of sp³-hybridized carbons (Fsp3) is 0.545. The molecule has 3 heterocycles. The molecule has 0 bridgehead atoms. The zero-order chi connectivity index (χ0) is 20.4. The number of carbonyl (C=O) groups excluding carboxylic acids is 1. The largest absolute Gasteiger partial charge is 0.272 e. The summed E-state index contributed by atoms with van der Waals surface area (Å²) in [6, 6.07) is 3.30. The van der Waals surface area contributed by atoms with Gasteiger partial charge in [0.2, 0.25) is 5.91 Å². The summed E-state index contributed by atoms with van der Waals surface area (Å²) in [6.07, 6.45) is 8.87. The Labute approximate surface area is 170 Å². The molecule has 0 aromatic carbocycles. The Morgan fingerprint density at radius 2 is 1.97 bits per heavy atom. The molecular formula is C22H27FN4O2. The first-order valence-electron chi connectivity index (χ1n) is 10.4. The number of halogens is 1. The Balaban J connectivity index is 1.36. The van der Waals surface area contributed by atoms with E-state index in [4.69, 9.17) is 4.84 Å². The molecule has 7 heteroatoms. The van der Waals surface area contributed by atoms with Gasteiger partial charge in [-0.3, -0.25) is 14.6 Å². The van der Waals surface area contributed by atoms with Gasteiger partial charge in [0.05, 0.1) is 30.2 Å². The number of hydroxylamine groups is 2. The quantitative estimate of drug-likeness (QED) is 0.782. The smallest absolute Gasteiger partial charge is 0.249 e. The number of rotatable bonds is 4. The van der Waals surface area contributed by atoms with E-state index in [-0.39, 0.29) is 23.7 Å². The highest BCUT2D eigenvalue weighted by molar-refractivity contribution is 5.78. The number of hydrogen-bond acceptors (Lipinski definition) is 5. The van der Waals surface area contributed by atoms with E-state index in [1.165, 1.54) is 16.7 Å². The molecule has 0 spiro atoms. The minimum atomic E-state index is -0.344. The zero-order valence-corrected chi connectivity index (χ0v) is 17.0. The standard InChI is InChI=1S/C22H27FN4O2/c1-14-9-17(12-25-26-14)10-16-3-5-18(6-4-16)22(28)27-21(7-8-29-27)19-11-20(23)15(2)24-13-19/h9,11-13,16,18,21H,3-8,10H2,1-2H3/t16?,18?,21-/m0/s1. The molecule has 1 saturated heterocycles. The van der Waals surface area contributed by atoms with Crippen molar-refractivity contribution in [1.29, 1.82) is 0 Å². The number of aromatic nitrogens is 3. The molecular weight excluding hydrogens is 371 g/mol. The summed E-state index contributed by atoms with van der Waals surface area (Å²) < 4.78 is 13.9. The molecule has 4 rings (SSSR count). The van der Waals surface area contributed by atoms with Gasteiger partial charge in [0.15, 0.2) is 0 Å². The van der Waals surface area contributed by atoms with Crippen molar-refractivity contribution in [2.45, 2.75) is 58.4 Å². The molecule has 1 amide bonds. The van der Waals surface area contributed by atoms with Crippen LogP contribution in [-0.2, 0) is 16.1 Å². The molecule has 1 aliphatic carbocycles. The van der Waals surface area contributed by atoms with Crippen molar-refractivity contribution in [3.05, 3.63) is 52.9 Å². The van der Waals surface area contributed by atoms with Gasteiger partial charge in [-0.2, -0.15) is 10.2 Å². The van der Waals surface area contributed by atoms with E-state index in [1.807, 2.05) is 13.1 Å². The first kappa shape index (κ1) is 19.9. The second-order valence-corrected chi connectivity index (χ2v) is 8.26. The Kier molecular flexibility index (Phi) is 5.85. The minimum Gasteiger partial charge on any atom is -0.272 e. The first-order chi connectivity index (χ1) is 14.0.